The van der Waals surface area contributed by atoms with E-state index in [2.05, 4.69) is 6.07 Å². The molecule has 20 heavy (non-hydrogen) atoms. The van der Waals surface area contributed by atoms with Crippen LogP contribution in [0.15, 0.2) is 48.5 Å². The Morgan fingerprint density at radius 3 is 2.60 bits per heavy atom. The lowest BCUT2D eigenvalue weighted by atomic mass is 10.0. The van der Waals surface area contributed by atoms with Gasteiger partial charge in [-0.05, 0) is 29.3 Å². The Morgan fingerprint density at radius 2 is 1.95 bits per heavy atom. The van der Waals surface area contributed by atoms with Crippen LogP contribution in [0.1, 0.15) is 18.9 Å². The molecule has 100 valence electrons. The summed E-state index contributed by atoms with van der Waals surface area (Å²) >= 11 is 0. The van der Waals surface area contributed by atoms with Gasteiger partial charge in [0.05, 0.1) is 11.6 Å². The van der Waals surface area contributed by atoms with Crippen LogP contribution >= 0.6 is 0 Å². The van der Waals surface area contributed by atoms with E-state index in [1.165, 1.54) is 0 Å². The molecule has 2 aromatic rings. The fourth-order valence-corrected chi connectivity index (χ4v) is 1.84. The van der Waals surface area contributed by atoms with Crippen molar-refractivity contribution in [3.8, 4) is 22.9 Å². The van der Waals surface area contributed by atoms with E-state index < -0.39 is 0 Å². The van der Waals surface area contributed by atoms with Gasteiger partial charge in [-0.25, -0.2) is 0 Å². The summed E-state index contributed by atoms with van der Waals surface area (Å²) < 4.78 is 5.39. The number of nitrogens with zero attached hydrogens (tertiary/aromatic N) is 1. The highest BCUT2D eigenvalue weighted by Crippen LogP contribution is 2.26. The molecule has 0 heterocycles. The van der Waals surface area contributed by atoms with Gasteiger partial charge in [-0.1, -0.05) is 37.3 Å². The second-order valence-electron chi connectivity index (χ2n) is 4.37. The summed E-state index contributed by atoms with van der Waals surface area (Å²) in [5.74, 6) is 0.582. The molecule has 0 atom stereocenters. The highest BCUT2D eigenvalue weighted by atomic mass is 16.5. The maximum Gasteiger partial charge on any atom is 0.169 e. The zero-order valence-corrected chi connectivity index (χ0v) is 11.3. The molecule has 2 rings (SSSR count). The first-order chi connectivity index (χ1) is 9.74. The van der Waals surface area contributed by atoms with E-state index in [1.54, 1.807) is 19.1 Å². The molecule has 0 radical (unpaired) electrons. The molecule has 0 aliphatic heterocycles. The second kappa shape index (κ2) is 6.53. The number of carbonyl (C=O) groups is 1. The van der Waals surface area contributed by atoms with Crippen LogP contribution in [0.3, 0.4) is 0 Å². The lowest BCUT2D eigenvalue weighted by molar-refractivity contribution is -0.120. The van der Waals surface area contributed by atoms with Gasteiger partial charge in [-0.2, -0.15) is 5.26 Å². The zero-order valence-electron chi connectivity index (χ0n) is 11.3. The average Bonchev–Trinajstić information content (AvgIpc) is 2.53. The molecule has 0 aliphatic carbocycles. The first-order valence-electron chi connectivity index (χ1n) is 6.48. The molecule has 0 fully saturated rings. The van der Waals surface area contributed by atoms with Gasteiger partial charge >= 0.3 is 0 Å². The molecule has 0 spiro atoms. The van der Waals surface area contributed by atoms with Gasteiger partial charge in [0.2, 0.25) is 0 Å². The molecule has 0 amide bonds. The summed E-state index contributed by atoms with van der Waals surface area (Å²) in [4.78, 5) is 11.2. The third-order valence-electron chi connectivity index (χ3n) is 2.99. The van der Waals surface area contributed by atoms with Crippen molar-refractivity contribution >= 4 is 5.78 Å². The summed E-state index contributed by atoms with van der Waals surface area (Å²) in [5.41, 5.74) is 2.39. The Labute approximate surface area is 118 Å². The lowest BCUT2D eigenvalue weighted by Crippen LogP contribution is -2.09. The molecule has 0 unspecified atom stereocenters. The van der Waals surface area contributed by atoms with Gasteiger partial charge in [0, 0.05) is 6.42 Å². The SMILES string of the molecule is CCC(=O)COc1ccc(-c2ccccc2)c(C#N)c1. The number of hydrogen-bond acceptors (Lipinski definition) is 3. The van der Waals surface area contributed by atoms with E-state index >= 15 is 0 Å². The van der Waals surface area contributed by atoms with Crippen molar-refractivity contribution in [2.45, 2.75) is 13.3 Å². The Balaban J connectivity index is 2.25. The van der Waals surface area contributed by atoms with Gasteiger partial charge in [-0.3, -0.25) is 4.79 Å². The highest BCUT2D eigenvalue weighted by molar-refractivity contribution is 5.79. The van der Waals surface area contributed by atoms with Crippen molar-refractivity contribution < 1.29 is 9.53 Å². The topological polar surface area (TPSA) is 50.1 Å². The quantitative estimate of drug-likeness (QED) is 0.830. The Hall–Kier alpha value is -2.60. The molecule has 0 bridgehead atoms. The molecule has 0 aromatic heterocycles. The number of hydrogen-bond donors (Lipinski definition) is 0. The number of nitriles is 1. The van der Waals surface area contributed by atoms with E-state index in [0.717, 1.165) is 11.1 Å². The molecule has 2 aromatic carbocycles. The Morgan fingerprint density at radius 1 is 1.20 bits per heavy atom. The molecule has 0 saturated heterocycles. The summed E-state index contributed by atoms with van der Waals surface area (Å²) in [6.45, 7) is 1.84. The predicted molar refractivity (Wildman–Crippen MR) is 77.4 cm³/mol. The number of ketones is 1. The van der Waals surface area contributed by atoms with Crippen LogP contribution in [-0.2, 0) is 4.79 Å². The third-order valence-corrected chi connectivity index (χ3v) is 2.99. The predicted octanol–water partition coefficient (Wildman–Crippen LogP) is 3.58. The smallest absolute Gasteiger partial charge is 0.169 e. The van der Waals surface area contributed by atoms with E-state index in [-0.39, 0.29) is 12.4 Å². The van der Waals surface area contributed by atoms with E-state index in [1.807, 2.05) is 36.4 Å². The van der Waals surface area contributed by atoms with Crippen molar-refractivity contribution in [2.24, 2.45) is 0 Å². The van der Waals surface area contributed by atoms with Crippen LogP contribution in [0.4, 0.5) is 0 Å². The minimum atomic E-state index is 0.0376. The first-order valence-corrected chi connectivity index (χ1v) is 6.48. The van der Waals surface area contributed by atoms with Crippen molar-refractivity contribution in [1.29, 1.82) is 5.26 Å². The maximum atomic E-state index is 11.2. The second-order valence-corrected chi connectivity index (χ2v) is 4.37. The highest BCUT2D eigenvalue weighted by Gasteiger charge is 2.07. The van der Waals surface area contributed by atoms with Crippen molar-refractivity contribution in [2.75, 3.05) is 6.61 Å². The molecular formula is C17H15NO2. The van der Waals surface area contributed by atoms with Crippen LogP contribution < -0.4 is 4.74 Å². The minimum absolute atomic E-state index is 0.0376. The molecule has 0 aliphatic rings. The van der Waals surface area contributed by atoms with Crippen LogP contribution in [0.25, 0.3) is 11.1 Å². The first kappa shape index (κ1) is 13.8. The average molecular weight is 265 g/mol. The number of benzene rings is 2. The van der Waals surface area contributed by atoms with Crippen molar-refractivity contribution in [3.63, 3.8) is 0 Å². The number of Topliss-reactive ketones (excluding diaryl/α,β-unsaturated/α-hetero) is 1. The van der Waals surface area contributed by atoms with Crippen LogP contribution in [0, 0.1) is 11.3 Å². The number of rotatable bonds is 5. The maximum absolute atomic E-state index is 11.2. The zero-order chi connectivity index (χ0) is 14.4. The van der Waals surface area contributed by atoms with Crippen molar-refractivity contribution in [3.05, 3.63) is 54.1 Å². The van der Waals surface area contributed by atoms with E-state index in [4.69, 9.17) is 4.74 Å². The van der Waals surface area contributed by atoms with Gasteiger partial charge < -0.3 is 4.74 Å². The largest absolute Gasteiger partial charge is 0.486 e. The monoisotopic (exact) mass is 265 g/mol. The minimum Gasteiger partial charge on any atom is -0.486 e. The van der Waals surface area contributed by atoms with Gasteiger partial charge in [0.15, 0.2) is 5.78 Å². The van der Waals surface area contributed by atoms with Gasteiger partial charge in [0.1, 0.15) is 12.4 Å². The summed E-state index contributed by atoms with van der Waals surface area (Å²) in [6.07, 6.45) is 0.452. The summed E-state index contributed by atoms with van der Waals surface area (Å²) in [5, 5.41) is 9.26. The fraction of sp³-hybridized carbons (Fsp3) is 0.176. The lowest BCUT2D eigenvalue weighted by Gasteiger charge is -2.08. The van der Waals surface area contributed by atoms with Crippen molar-refractivity contribution in [1.82, 2.24) is 0 Å². The Kier molecular flexibility index (Phi) is 4.52. The standard InChI is InChI=1S/C17H15NO2/c1-2-15(19)12-20-16-8-9-17(14(10-16)11-18)13-6-4-3-5-7-13/h3-10H,2,12H2,1H3. The van der Waals surface area contributed by atoms with Gasteiger partial charge in [-0.15, -0.1) is 0 Å². The van der Waals surface area contributed by atoms with E-state index in [9.17, 15) is 10.1 Å². The van der Waals surface area contributed by atoms with Crippen LogP contribution in [-0.4, -0.2) is 12.4 Å². The molecule has 3 nitrogen and oxygen atoms in total. The van der Waals surface area contributed by atoms with Crippen LogP contribution in [0.2, 0.25) is 0 Å². The number of carbonyl (C=O) groups excluding carboxylic acids is 1. The molecule has 0 saturated carbocycles. The summed E-state index contributed by atoms with van der Waals surface area (Å²) in [7, 11) is 0. The van der Waals surface area contributed by atoms with E-state index in [0.29, 0.717) is 17.7 Å². The van der Waals surface area contributed by atoms with Crippen LogP contribution in [0.5, 0.6) is 5.75 Å². The normalized spacial score (nSPS) is 9.80. The van der Waals surface area contributed by atoms with Gasteiger partial charge in [0.25, 0.3) is 0 Å². The molecular weight excluding hydrogens is 250 g/mol. The Bertz CT molecular complexity index is 642. The molecule has 0 N–H and O–H groups in total. The summed E-state index contributed by atoms with van der Waals surface area (Å²) in [6, 6.07) is 17.2. The third kappa shape index (κ3) is 3.24. The number of ether oxygens (including phenoxy) is 1. The molecule has 3 heteroatoms. The fourth-order valence-electron chi connectivity index (χ4n) is 1.84.